The van der Waals surface area contributed by atoms with Crippen molar-refractivity contribution in [1.82, 2.24) is 4.98 Å². The van der Waals surface area contributed by atoms with Gasteiger partial charge in [0, 0.05) is 18.2 Å². The van der Waals surface area contributed by atoms with Crippen molar-refractivity contribution in [2.45, 2.75) is 13.3 Å². The molecule has 1 aliphatic rings. The maximum Gasteiger partial charge on any atom is 0.267 e. The molecule has 0 aliphatic carbocycles. The molecule has 0 bridgehead atoms. The highest BCUT2D eigenvalue weighted by molar-refractivity contribution is 7.17. The average Bonchev–Trinajstić information content (AvgIpc) is 2.66. The van der Waals surface area contributed by atoms with Crippen molar-refractivity contribution in [2.24, 2.45) is 0 Å². The van der Waals surface area contributed by atoms with Crippen LogP contribution in [0.2, 0.25) is 0 Å². The van der Waals surface area contributed by atoms with Crippen LogP contribution in [0.3, 0.4) is 0 Å². The second-order valence-corrected chi connectivity index (χ2v) is 5.66. The molecule has 0 unspecified atom stereocenters. The maximum absolute atomic E-state index is 12.2. The summed E-state index contributed by atoms with van der Waals surface area (Å²) >= 11 is 1.17. The van der Waals surface area contributed by atoms with Crippen LogP contribution in [0.5, 0.6) is 11.5 Å². The molecule has 2 heterocycles. The Morgan fingerprint density at radius 1 is 1.33 bits per heavy atom. The number of thiazole rings is 1. The number of hydrogen-bond acceptors (Lipinski definition) is 6. The quantitative estimate of drug-likeness (QED) is 0.890. The molecule has 0 saturated heterocycles. The van der Waals surface area contributed by atoms with Crippen LogP contribution in [0.15, 0.2) is 18.2 Å². The van der Waals surface area contributed by atoms with Gasteiger partial charge in [-0.2, -0.15) is 0 Å². The van der Waals surface area contributed by atoms with Gasteiger partial charge in [0.05, 0.1) is 18.9 Å². The topological polar surface area (TPSA) is 86.5 Å². The molecular weight excluding hydrogens is 290 g/mol. The third kappa shape index (κ3) is 2.92. The van der Waals surface area contributed by atoms with Crippen molar-refractivity contribution in [3.05, 3.63) is 28.8 Å². The largest absolute Gasteiger partial charge is 0.490 e. The first-order valence-corrected chi connectivity index (χ1v) is 7.39. The number of rotatable bonds is 2. The highest BCUT2D eigenvalue weighted by Crippen LogP contribution is 2.32. The molecule has 2 aromatic rings. The van der Waals surface area contributed by atoms with E-state index in [1.807, 2.05) is 0 Å². The summed E-state index contributed by atoms with van der Waals surface area (Å²) in [5.74, 6) is 1.12. The Morgan fingerprint density at radius 3 is 2.81 bits per heavy atom. The van der Waals surface area contributed by atoms with Crippen LogP contribution in [0, 0.1) is 6.92 Å². The molecule has 0 saturated carbocycles. The number of amides is 1. The van der Waals surface area contributed by atoms with Crippen molar-refractivity contribution < 1.29 is 14.3 Å². The van der Waals surface area contributed by atoms with Gasteiger partial charge in [-0.05, 0) is 19.1 Å². The fourth-order valence-electron chi connectivity index (χ4n) is 2.06. The summed E-state index contributed by atoms with van der Waals surface area (Å²) < 4.78 is 11.2. The van der Waals surface area contributed by atoms with Crippen molar-refractivity contribution in [1.29, 1.82) is 0 Å². The molecule has 110 valence electrons. The highest BCUT2D eigenvalue weighted by atomic mass is 32.1. The average molecular weight is 305 g/mol. The van der Waals surface area contributed by atoms with E-state index in [4.69, 9.17) is 15.2 Å². The minimum Gasteiger partial charge on any atom is -0.490 e. The summed E-state index contributed by atoms with van der Waals surface area (Å²) in [5, 5.41) is 3.21. The molecule has 1 aromatic heterocycles. The second-order valence-electron chi connectivity index (χ2n) is 4.63. The zero-order chi connectivity index (χ0) is 14.8. The van der Waals surface area contributed by atoms with E-state index in [1.165, 1.54) is 11.3 Å². The van der Waals surface area contributed by atoms with Gasteiger partial charge in [-0.3, -0.25) is 4.79 Å². The Morgan fingerprint density at radius 2 is 2.10 bits per heavy atom. The number of aryl methyl sites for hydroxylation is 1. The van der Waals surface area contributed by atoms with E-state index in [0.717, 1.165) is 6.42 Å². The number of aromatic nitrogens is 1. The Balaban J connectivity index is 1.80. The van der Waals surface area contributed by atoms with Crippen LogP contribution in [-0.2, 0) is 0 Å². The molecule has 0 atom stereocenters. The number of nitrogens with zero attached hydrogens (tertiary/aromatic N) is 1. The van der Waals surface area contributed by atoms with Gasteiger partial charge < -0.3 is 20.5 Å². The van der Waals surface area contributed by atoms with Gasteiger partial charge in [-0.25, -0.2) is 4.98 Å². The molecule has 3 N–H and O–H groups in total. The predicted octanol–water partition coefficient (Wildman–Crippen LogP) is 2.45. The van der Waals surface area contributed by atoms with Crippen LogP contribution in [-0.4, -0.2) is 24.1 Å². The first kappa shape index (κ1) is 13.7. The predicted molar refractivity (Wildman–Crippen MR) is 81.3 cm³/mol. The summed E-state index contributed by atoms with van der Waals surface area (Å²) in [6, 6.07) is 5.34. The molecule has 1 amide bonds. The van der Waals surface area contributed by atoms with Crippen LogP contribution < -0.4 is 20.5 Å². The zero-order valence-electron chi connectivity index (χ0n) is 11.5. The lowest BCUT2D eigenvalue weighted by atomic mass is 10.2. The Hall–Kier alpha value is -2.28. The number of carbonyl (C=O) groups is 1. The molecule has 0 fully saturated rings. The first-order valence-electron chi connectivity index (χ1n) is 6.57. The number of ether oxygens (including phenoxy) is 2. The lowest BCUT2D eigenvalue weighted by Gasteiger charge is -2.10. The molecule has 0 spiro atoms. The summed E-state index contributed by atoms with van der Waals surface area (Å²) in [5.41, 5.74) is 6.89. The normalized spacial score (nSPS) is 13.6. The summed E-state index contributed by atoms with van der Waals surface area (Å²) in [6.45, 7) is 3.00. The molecule has 3 rings (SSSR count). The van der Waals surface area contributed by atoms with Crippen LogP contribution in [0.25, 0.3) is 0 Å². The van der Waals surface area contributed by atoms with Gasteiger partial charge in [0.2, 0.25) is 0 Å². The number of nitrogen functional groups attached to an aromatic ring is 1. The van der Waals surface area contributed by atoms with Gasteiger partial charge in [0.25, 0.3) is 5.91 Å². The molecule has 7 heteroatoms. The minimum atomic E-state index is -0.226. The SMILES string of the molecule is Cc1nc(N)sc1C(=O)Nc1ccc2c(c1)OCCCO2. The third-order valence-electron chi connectivity index (χ3n) is 3.02. The van der Waals surface area contributed by atoms with E-state index in [-0.39, 0.29) is 5.91 Å². The van der Waals surface area contributed by atoms with E-state index in [1.54, 1.807) is 25.1 Å². The van der Waals surface area contributed by atoms with Gasteiger partial charge >= 0.3 is 0 Å². The van der Waals surface area contributed by atoms with E-state index >= 15 is 0 Å². The van der Waals surface area contributed by atoms with Crippen LogP contribution >= 0.6 is 11.3 Å². The number of hydrogen-bond donors (Lipinski definition) is 2. The third-order valence-corrected chi connectivity index (χ3v) is 4.01. The summed E-state index contributed by atoms with van der Waals surface area (Å²) in [6.07, 6.45) is 0.843. The lowest BCUT2D eigenvalue weighted by Crippen LogP contribution is -2.11. The Bertz CT molecular complexity index is 684. The molecule has 0 radical (unpaired) electrons. The number of carbonyl (C=O) groups excluding carboxylic acids is 1. The molecular formula is C14H15N3O3S. The molecule has 6 nitrogen and oxygen atoms in total. The van der Waals surface area contributed by atoms with Crippen LogP contribution in [0.1, 0.15) is 21.8 Å². The second kappa shape index (κ2) is 5.61. The van der Waals surface area contributed by atoms with Crippen molar-refractivity contribution in [2.75, 3.05) is 24.3 Å². The molecule has 1 aliphatic heterocycles. The smallest absolute Gasteiger partial charge is 0.267 e. The standard InChI is InChI=1S/C14H15N3O3S/c1-8-12(21-14(15)16-8)13(18)17-9-3-4-10-11(7-9)20-6-2-5-19-10/h3-4,7H,2,5-6H2,1H3,(H2,15,16)(H,17,18). The number of anilines is 2. The first-order chi connectivity index (χ1) is 10.1. The van der Waals surface area contributed by atoms with Gasteiger partial charge in [-0.1, -0.05) is 11.3 Å². The Labute approximate surface area is 125 Å². The fourth-order valence-corrected chi connectivity index (χ4v) is 2.79. The number of fused-ring (bicyclic) bond motifs is 1. The van der Waals surface area contributed by atoms with E-state index in [0.29, 0.717) is 46.1 Å². The Kier molecular flexibility index (Phi) is 3.66. The maximum atomic E-state index is 12.2. The summed E-state index contributed by atoms with van der Waals surface area (Å²) in [7, 11) is 0. The minimum absolute atomic E-state index is 0.226. The van der Waals surface area contributed by atoms with Crippen LogP contribution in [0.4, 0.5) is 10.8 Å². The zero-order valence-corrected chi connectivity index (χ0v) is 12.3. The van der Waals surface area contributed by atoms with Crippen molar-refractivity contribution >= 4 is 28.1 Å². The van der Waals surface area contributed by atoms with Crippen molar-refractivity contribution in [3.63, 3.8) is 0 Å². The van der Waals surface area contributed by atoms with E-state index in [9.17, 15) is 4.79 Å². The van der Waals surface area contributed by atoms with Crippen molar-refractivity contribution in [3.8, 4) is 11.5 Å². The number of benzene rings is 1. The van der Waals surface area contributed by atoms with Gasteiger partial charge in [0.15, 0.2) is 16.6 Å². The summed E-state index contributed by atoms with van der Waals surface area (Å²) in [4.78, 5) is 16.8. The lowest BCUT2D eigenvalue weighted by molar-refractivity contribution is 0.103. The highest BCUT2D eigenvalue weighted by Gasteiger charge is 2.16. The monoisotopic (exact) mass is 305 g/mol. The molecule has 1 aromatic carbocycles. The fraction of sp³-hybridized carbons (Fsp3) is 0.286. The molecule has 21 heavy (non-hydrogen) atoms. The van der Waals surface area contributed by atoms with E-state index in [2.05, 4.69) is 10.3 Å². The van der Waals surface area contributed by atoms with Gasteiger partial charge in [0.1, 0.15) is 4.88 Å². The van der Waals surface area contributed by atoms with Gasteiger partial charge in [-0.15, -0.1) is 0 Å². The number of nitrogens with one attached hydrogen (secondary N) is 1. The number of nitrogens with two attached hydrogens (primary N) is 1. The van der Waals surface area contributed by atoms with E-state index < -0.39 is 0 Å².